The fourth-order valence-electron chi connectivity index (χ4n) is 2.27. The van der Waals surface area contributed by atoms with Crippen molar-refractivity contribution in [1.82, 2.24) is 9.78 Å². The number of hydrogen-bond acceptors (Lipinski definition) is 3. The summed E-state index contributed by atoms with van der Waals surface area (Å²) in [6, 6.07) is 9.62. The number of benzene rings is 1. The lowest BCUT2D eigenvalue weighted by Crippen LogP contribution is -2.08. The Morgan fingerprint density at radius 1 is 1.25 bits per heavy atom. The Morgan fingerprint density at radius 2 is 1.95 bits per heavy atom. The van der Waals surface area contributed by atoms with E-state index in [0.717, 1.165) is 35.7 Å². The number of aryl methyl sites for hydroxylation is 2. The second kappa shape index (κ2) is 6.57. The molecule has 1 aromatic carbocycles. The van der Waals surface area contributed by atoms with Gasteiger partial charge in [0.2, 0.25) is 0 Å². The van der Waals surface area contributed by atoms with Gasteiger partial charge in [0.05, 0.1) is 18.9 Å². The molecule has 0 fully saturated rings. The van der Waals surface area contributed by atoms with Gasteiger partial charge in [-0.05, 0) is 37.1 Å². The lowest BCUT2D eigenvalue weighted by atomic mass is 10.0. The van der Waals surface area contributed by atoms with Crippen molar-refractivity contribution in [3.63, 3.8) is 0 Å². The van der Waals surface area contributed by atoms with E-state index in [0.29, 0.717) is 6.42 Å². The number of methoxy groups -OCH3 is 1. The van der Waals surface area contributed by atoms with E-state index in [1.807, 2.05) is 28.9 Å². The van der Waals surface area contributed by atoms with Crippen LogP contribution in [-0.4, -0.2) is 22.0 Å². The van der Waals surface area contributed by atoms with Gasteiger partial charge in [0.15, 0.2) is 0 Å². The van der Waals surface area contributed by atoms with Crippen molar-refractivity contribution in [2.45, 2.75) is 39.3 Å². The number of aliphatic hydroxyl groups excluding tert-OH is 1. The third kappa shape index (κ3) is 3.20. The van der Waals surface area contributed by atoms with Gasteiger partial charge in [-0.25, -0.2) is 0 Å². The van der Waals surface area contributed by atoms with Crippen LogP contribution in [0.15, 0.2) is 30.3 Å². The van der Waals surface area contributed by atoms with E-state index in [1.54, 1.807) is 7.11 Å². The summed E-state index contributed by atoms with van der Waals surface area (Å²) in [6.45, 7) is 4.98. The summed E-state index contributed by atoms with van der Waals surface area (Å²) in [5.74, 6) is 0.799. The molecule has 108 valence electrons. The normalized spacial score (nSPS) is 12.4. The molecule has 1 atom stereocenters. The first-order valence-corrected chi connectivity index (χ1v) is 7.05. The highest BCUT2D eigenvalue weighted by Gasteiger charge is 2.13. The van der Waals surface area contributed by atoms with Gasteiger partial charge < -0.3 is 9.84 Å². The van der Waals surface area contributed by atoms with Crippen LogP contribution in [0.2, 0.25) is 0 Å². The largest absolute Gasteiger partial charge is 0.497 e. The van der Waals surface area contributed by atoms with Crippen LogP contribution in [0.4, 0.5) is 0 Å². The molecule has 1 unspecified atom stereocenters. The number of nitrogens with zero attached hydrogens (tertiary/aromatic N) is 2. The molecule has 1 heterocycles. The molecule has 4 heteroatoms. The topological polar surface area (TPSA) is 47.3 Å². The summed E-state index contributed by atoms with van der Waals surface area (Å²) in [5.41, 5.74) is 3.05. The Labute approximate surface area is 120 Å². The lowest BCUT2D eigenvalue weighted by molar-refractivity contribution is 0.175. The summed E-state index contributed by atoms with van der Waals surface area (Å²) in [5, 5.41) is 14.9. The van der Waals surface area contributed by atoms with Gasteiger partial charge in [0.1, 0.15) is 5.75 Å². The van der Waals surface area contributed by atoms with E-state index in [9.17, 15) is 5.11 Å². The average molecular weight is 274 g/mol. The Balaban J connectivity index is 2.13. The highest BCUT2D eigenvalue weighted by Crippen LogP contribution is 2.21. The second-order valence-electron chi connectivity index (χ2n) is 4.79. The molecule has 0 saturated heterocycles. The molecule has 4 nitrogen and oxygen atoms in total. The Hall–Kier alpha value is -1.81. The zero-order chi connectivity index (χ0) is 14.5. The van der Waals surface area contributed by atoms with Gasteiger partial charge in [-0.2, -0.15) is 5.10 Å². The molecule has 1 aromatic heterocycles. The highest BCUT2D eigenvalue weighted by atomic mass is 16.5. The van der Waals surface area contributed by atoms with Crippen LogP contribution in [0, 0.1) is 0 Å². The zero-order valence-corrected chi connectivity index (χ0v) is 12.3. The van der Waals surface area contributed by atoms with Crippen molar-refractivity contribution >= 4 is 0 Å². The van der Waals surface area contributed by atoms with Gasteiger partial charge >= 0.3 is 0 Å². The summed E-state index contributed by atoms with van der Waals surface area (Å²) in [7, 11) is 1.64. The molecule has 0 spiro atoms. The number of ether oxygens (including phenoxy) is 1. The van der Waals surface area contributed by atoms with E-state index < -0.39 is 6.10 Å². The molecule has 20 heavy (non-hydrogen) atoms. The molecule has 0 aliphatic rings. The minimum Gasteiger partial charge on any atom is -0.497 e. The zero-order valence-electron chi connectivity index (χ0n) is 12.3. The highest BCUT2D eigenvalue weighted by molar-refractivity contribution is 5.29. The van der Waals surface area contributed by atoms with Crippen LogP contribution in [0.5, 0.6) is 5.75 Å². The van der Waals surface area contributed by atoms with Crippen molar-refractivity contribution in [3.05, 3.63) is 47.3 Å². The minimum atomic E-state index is -0.521. The molecule has 0 bridgehead atoms. The quantitative estimate of drug-likeness (QED) is 0.881. The van der Waals surface area contributed by atoms with E-state index in [-0.39, 0.29) is 0 Å². The van der Waals surface area contributed by atoms with Gasteiger partial charge in [-0.3, -0.25) is 4.68 Å². The Morgan fingerprint density at radius 3 is 2.50 bits per heavy atom. The number of aliphatic hydroxyl groups is 1. The second-order valence-corrected chi connectivity index (χ2v) is 4.79. The van der Waals surface area contributed by atoms with Crippen LogP contribution in [0.3, 0.4) is 0 Å². The maximum atomic E-state index is 10.4. The fraction of sp³-hybridized carbons (Fsp3) is 0.438. The first kappa shape index (κ1) is 14.6. The molecule has 2 aromatic rings. The third-order valence-corrected chi connectivity index (χ3v) is 3.48. The van der Waals surface area contributed by atoms with Crippen molar-refractivity contribution in [1.29, 1.82) is 0 Å². The van der Waals surface area contributed by atoms with Crippen molar-refractivity contribution in [2.24, 2.45) is 0 Å². The SMILES string of the molecule is CCc1cc(CC(O)c2ccc(OC)cc2)n(CC)n1. The van der Waals surface area contributed by atoms with Gasteiger partial charge in [-0.1, -0.05) is 19.1 Å². The predicted octanol–water partition coefficient (Wildman–Crippen LogP) is 2.75. The fourth-order valence-corrected chi connectivity index (χ4v) is 2.27. The number of aromatic nitrogens is 2. The van der Waals surface area contributed by atoms with E-state index in [4.69, 9.17) is 4.74 Å². The van der Waals surface area contributed by atoms with Crippen LogP contribution in [0.1, 0.15) is 36.9 Å². The van der Waals surface area contributed by atoms with Crippen molar-refractivity contribution in [2.75, 3.05) is 7.11 Å². The first-order valence-electron chi connectivity index (χ1n) is 7.05. The van der Waals surface area contributed by atoms with E-state index >= 15 is 0 Å². The monoisotopic (exact) mass is 274 g/mol. The standard InChI is InChI=1S/C16H22N2O2/c1-4-13-10-14(18(5-2)17-13)11-16(19)12-6-8-15(20-3)9-7-12/h6-10,16,19H,4-5,11H2,1-3H3. The smallest absolute Gasteiger partial charge is 0.118 e. The molecule has 0 radical (unpaired) electrons. The summed E-state index contributed by atoms with van der Waals surface area (Å²) < 4.78 is 7.09. The maximum Gasteiger partial charge on any atom is 0.118 e. The molecular weight excluding hydrogens is 252 g/mol. The van der Waals surface area contributed by atoms with Gasteiger partial charge in [0.25, 0.3) is 0 Å². The predicted molar refractivity (Wildman–Crippen MR) is 78.9 cm³/mol. The maximum absolute atomic E-state index is 10.4. The molecule has 0 amide bonds. The lowest BCUT2D eigenvalue weighted by Gasteiger charge is -2.12. The van der Waals surface area contributed by atoms with Gasteiger partial charge in [0, 0.05) is 18.7 Å². The van der Waals surface area contributed by atoms with Crippen LogP contribution >= 0.6 is 0 Å². The molecule has 2 rings (SSSR count). The summed E-state index contributed by atoms with van der Waals surface area (Å²) >= 11 is 0. The molecular formula is C16H22N2O2. The Kier molecular flexibility index (Phi) is 4.79. The molecule has 0 aliphatic carbocycles. The van der Waals surface area contributed by atoms with Crippen molar-refractivity contribution in [3.8, 4) is 5.75 Å². The van der Waals surface area contributed by atoms with Crippen molar-refractivity contribution < 1.29 is 9.84 Å². The van der Waals surface area contributed by atoms with Crippen LogP contribution in [-0.2, 0) is 19.4 Å². The van der Waals surface area contributed by atoms with E-state index in [2.05, 4.69) is 25.0 Å². The average Bonchev–Trinajstić information content (AvgIpc) is 2.89. The summed E-state index contributed by atoms with van der Waals surface area (Å²) in [6.07, 6.45) is 0.971. The third-order valence-electron chi connectivity index (χ3n) is 3.48. The van der Waals surface area contributed by atoms with Gasteiger partial charge in [-0.15, -0.1) is 0 Å². The first-order chi connectivity index (χ1) is 9.67. The molecule has 1 N–H and O–H groups in total. The number of rotatable bonds is 6. The Bertz CT molecular complexity index is 546. The van der Waals surface area contributed by atoms with Crippen LogP contribution in [0.25, 0.3) is 0 Å². The number of hydrogen-bond donors (Lipinski definition) is 1. The minimum absolute atomic E-state index is 0.521. The molecule has 0 saturated carbocycles. The molecule has 0 aliphatic heterocycles. The summed E-state index contributed by atoms with van der Waals surface area (Å²) in [4.78, 5) is 0. The van der Waals surface area contributed by atoms with Crippen LogP contribution < -0.4 is 4.74 Å². The van der Waals surface area contributed by atoms with E-state index in [1.165, 1.54) is 0 Å².